The minimum absolute atomic E-state index is 0.0417. The molecule has 0 spiro atoms. The van der Waals surface area contributed by atoms with Crippen molar-refractivity contribution in [2.45, 2.75) is 25.9 Å². The maximum absolute atomic E-state index is 13.3. The molecule has 4 rings (SSSR count). The number of ether oxygens (including phenoxy) is 1. The fourth-order valence-corrected chi connectivity index (χ4v) is 4.33. The van der Waals surface area contributed by atoms with Crippen LogP contribution in [0.2, 0.25) is 0 Å². The average Bonchev–Trinajstić information content (AvgIpc) is 2.89. The first kappa shape index (κ1) is 21.3. The van der Waals surface area contributed by atoms with E-state index >= 15 is 0 Å². The minimum Gasteiger partial charge on any atom is -0.497 e. The van der Waals surface area contributed by atoms with Gasteiger partial charge < -0.3 is 15.0 Å². The maximum Gasteiger partial charge on any atom is 0.241 e. The molecule has 1 N–H and O–H groups in total. The lowest BCUT2D eigenvalue weighted by molar-refractivity contribution is -0.120. The van der Waals surface area contributed by atoms with Gasteiger partial charge in [-0.25, -0.2) is 0 Å². The number of para-hydroxylation sites is 2. The van der Waals surface area contributed by atoms with Crippen LogP contribution in [0.15, 0.2) is 48.5 Å². The lowest BCUT2D eigenvalue weighted by Crippen LogP contribution is -2.51. The molecule has 2 aliphatic rings. The summed E-state index contributed by atoms with van der Waals surface area (Å²) in [5.41, 5.74) is 2.75. The van der Waals surface area contributed by atoms with Crippen LogP contribution in [0.25, 0.3) is 0 Å². The second kappa shape index (κ2) is 9.49. The SMILES string of the molecule is COc1ccc(CN2CCN(CC(=O)N3c4ccccc4NC(=O)C[C@H]3C)CC2)cc1. The van der Waals surface area contributed by atoms with Gasteiger partial charge in [-0.2, -0.15) is 0 Å². The maximum atomic E-state index is 13.3. The molecule has 2 aliphatic heterocycles. The summed E-state index contributed by atoms with van der Waals surface area (Å²) in [6, 6.07) is 15.5. The molecule has 0 aliphatic carbocycles. The van der Waals surface area contributed by atoms with Crippen molar-refractivity contribution >= 4 is 23.2 Å². The summed E-state index contributed by atoms with van der Waals surface area (Å²) in [6.07, 6.45) is 0.302. The number of carbonyl (C=O) groups is 2. The predicted octanol–water partition coefficient (Wildman–Crippen LogP) is 2.58. The Hall–Kier alpha value is -2.90. The summed E-state index contributed by atoms with van der Waals surface area (Å²) in [4.78, 5) is 31.8. The van der Waals surface area contributed by atoms with Crippen LogP contribution in [-0.2, 0) is 16.1 Å². The van der Waals surface area contributed by atoms with E-state index in [9.17, 15) is 9.59 Å². The highest BCUT2D eigenvalue weighted by Gasteiger charge is 2.31. The summed E-state index contributed by atoms with van der Waals surface area (Å²) in [7, 11) is 1.68. The molecule has 1 saturated heterocycles. The first-order chi connectivity index (χ1) is 15.0. The van der Waals surface area contributed by atoms with Crippen molar-refractivity contribution in [3.8, 4) is 5.75 Å². The number of anilines is 2. The molecule has 31 heavy (non-hydrogen) atoms. The van der Waals surface area contributed by atoms with Crippen LogP contribution < -0.4 is 15.0 Å². The number of piperazine rings is 1. The monoisotopic (exact) mass is 422 g/mol. The molecule has 0 unspecified atom stereocenters. The summed E-state index contributed by atoms with van der Waals surface area (Å²) in [5.74, 6) is 0.857. The Morgan fingerprint density at radius 1 is 1.03 bits per heavy atom. The molecule has 0 radical (unpaired) electrons. The molecule has 0 bridgehead atoms. The molecule has 0 aromatic heterocycles. The van der Waals surface area contributed by atoms with Gasteiger partial charge in [0, 0.05) is 45.2 Å². The number of methoxy groups -OCH3 is 1. The highest BCUT2D eigenvalue weighted by molar-refractivity contribution is 6.04. The van der Waals surface area contributed by atoms with Crippen molar-refractivity contribution in [3.63, 3.8) is 0 Å². The van der Waals surface area contributed by atoms with E-state index in [1.54, 1.807) is 12.0 Å². The number of amides is 2. The Labute approximate surface area is 183 Å². The summed E-state index contributed by atoms with van der Waals surface area (Å²) in [5, 5.41) is 2.92. The highest BCUT2D eigenvalue weighted by Crippen LogP contribution is 2.31. The van der Waals surface area contributed by atoms with Crippen LogP contribution in [0.1, 0.15) is 18.9 Å². The molecule has 2 aromatic rings. The predicted molar refractivity (Wildman–Crippen MR) is 121 cm³/mol. The number of nitrogens with zero attached hydrogens (tertiary/aromatic N) is 3. The fourth-order valence-electron chi connectivity index (χ4n) is 4.33. The van der Waals surface area contributed by atoms with Gasteiger partial charge in [0.1, 0.15) is 5.75 Å². The number of hydrogen-bond acceptors (Lipinski definition) is 5. The van der Waals surface area contributed by atoms with Crippen molar-refractivity contribution < 1.29 is 14.3 Å². The number of nitrogens with one attached hydrogen (secondary N) is 1. The Kier molecular flexibility index (Phi) is 6.53. The average molecular weight is 423 g/mol. The number of carbonyl (C=O) groups excluding carboxylic acids is 2. The van der Waals surface area contributed by atoms with Gasteiger partial charge in [0.25, 0.3) is 0 Å². The van der Waals surface area contributed by atoms with Gasteiger partial charge in [0.05, 0.1) is 25.0 Å². The summed E-state index contributed by atoms with van der Waals surface area (Å²) < 4.78 is 5.22. The first-order valence-corrected chi connectivity index (χ1v) is 10.8. The van der Waals surface area contributed by atoms with Crippen molar-refractivity contribution in [3.05, 3.63) is 54.1 Å². The Bertz CT molecular complexity index is 923. The van der Waals surface area contributed by atoms with Crippen molar-refractivity contribution in [2.24, 2.45) is 0 Å². The third-order valence-electron chi connectivity index (χ3n) is 6.02. The largest absolute Gasteiger partial charge is 0.497 e. The molecule has 1 atom stereocenters. The van der Waals surface area contributed by atoms with Crippen molar-refractivity contribution in [1.82, 2.24) is 9.80 Å². The summed E-state index contributed by atoms with van der Waals surface area (Å²) >= 11 is 0. The molecule has 7 heteroatoms. The van der Waals surface area contributed by atoms with Gasteiger partial charge in [-0.1, -0.05) is 24.3 Å². The van der Waals surface area contributed by atoms with Crippen LogP contribution >= 0.6 is 0 Å². The van der Waals surface area contributed by atoms with E-state index in [-0.39, 0.29) is 17.9 Å². The van der Waals surface area contributed by atoms with Gasteiger partial charge in [-0.05, 0) is 36.8 Å². The molecule has 164 valence electrons. The third-order valence-corrected chi connectivity index (χ3v) is 6.02. The minimum atomic E-state index is -0.174. The van der Waals surface area contributed by atoms with Crippen LogP contribution in [0.5, 0.6) is 5.75 Å². The van der Waals surface area contributed by atoms with Gasteiger partial charge in [-0.15, -0.1) is 0 Å². The zero-order valence-electron chi connectivity index (χ0n) is 18.2. The van der Waals surface area contributed by atoms with Gasteiger partial charge in [-0.3, -0.25) is 19.4 Å². The van der Waals surface area contributed by atoms with Gasteiger partial charge >= 0.3 is 0 Å². The topological polar surface area (TPSA) is 65.1 Å². The molecule has 7 nitrogen and oxygen atoms in total. The standard InChI is InChI=1S/C24H30N4O3/c1-18-15-23(29)25-21-5-3-4-6-22(21)28(18)24(30)17-27-13-11-26(12-14-27)16-19-7-9-20(31-2)10-8-19/h3-10,18H,11-17H2,1-2H3,(H,25,29)/t18-/m1/s1. The smallest absolute Gasteiger partial charge is 0.241 e. The quantitative estimate of drug-likeness (QED) is 0.802. The van der Waals surface area contributed by atoms with Gasteiger partial charge in [0.2, 0.25) is 11.8 Å². The number of fused-ring (bicyclic) bond motifs is 1. The van der Waals surface area contributed by atoms with Crippen LogP contribution in [0.3, 0.4) is 0 Å². The molecule has 1 fully saturated rings. The van der Waals surface area contributed by atoms with E-state index in [0.717, 1.165) is 44.2 Å². The Morgan fingerprint density at radius 3 is 2.42 bits per heavy atom. The van der Waals surface area contributed by atoms with Crippen molar-refractivity contribution in [2.75, 3.05) is 50.1 Å². The lowest BCUT2D eigenvalue weighted by atomic mass is 10.1. The fraction of sp³-hybridized carbons (Fsp3) is 0.417. The molecule has 2 aromatic carbocycles. The zero-order valence-corrected chi connectivity index (χ0v) is 18.2. The van der Waals surface area contributed by atoms with Crippen molar-refractivity contribution in [1.29, 1.82) is 0 Å². The summed E-state index contributed by atoms with van der Waals surface area (Å²) in [6.45, 7) is 6.74. The van der Waals surface area contributed by atoms with E-state index < -0.39 is 0 Å². The number of hydrogen-bond donors (Lipinski definition) is 1. The second-order valence-corrected chi connectivity index (χ2v) is 8.28. The van der Waals surface area contributed by atoms with Gasteiger partial charge in [0.15, 0.2) is 0 Å². The molecule has 2 heterocycles. The van der Waals surface area contributed by atoms with E-state index in [4.69, 9.17) is 4.74 Å². The highest BCUT2D eigenvalue weighted by atomic mass is 16.5. The van der Waals surface area contributed by atoms with E-state index in [1.807, 2.05) is 43.3 Å². The molecular formula is C24H30N4O3. The number of benzene rings is 2. The Morgan fingerprint density at radius 2 is 1.71 bits per heavy atom. The normalized spacial score (nSPS) is 20.0. The van der Waals surface area contributed by atoms with Crippen LogP contribution in [0, 0.1) is 0 Å². The molecular weight excluding hydrogens is 392 g/mol. The van der Waals surface area contributed by atoms with Crippen LogP contribution in [0.4, 0.5) is 11.4 Å². The van der Waals surface area contributed by atoms with E-state index in [0.29, 0.717) is 18.7 Å². The lowest BCUT2D eigenvalue weighted by Gasteiger charge is -2.36. The Balaban J connectivity index is 1.35. The van der Waals surface area contributed by atoms with Crippen LogP contribution in [-0.4, -0.2) is 67.5 Å². The molecule has 0 saturated carbocycles. The zero-order chi connectivity index (χ0) is 21.8. The molecule has 2 amide bonds. The number of rotatable bonds is 5. The first-order valence-electron chi connectivity index (χ1n) is 10.8. The van der Waals surface area contributed by atoms with E-state index in [1.165, 1.54) is 5.56 Å². The second-order valence-electron chi connectivity index (χ2n) is 8.28. The third kappa shape index (κ3) is 5.06. The van der Waals surface area contributed by atoms with E-state index in [2.05, 4.69) is 27.2 Å².